The molecule has 0 aliphatic carbocycles. The van der Waals surface area contributed by atoms with Crippen molar-refractivity contribution in [3.63, 3.8) is 0 Å². The maximum atomic E-state index is 12.6. The fraction of sp³-hybridized carbons (Fsp3) is 0.438. The van der Waals surface area contributed by atoms with Crippen LogP contribution in [0.2, 0.25) is 0 Å². The second kappa shape index (κ2) is 5.19. The van der Waals surface area contributed by atoms with Crippen LogP contribution in [-0.2, 0) is 0 Å². The van der Waals surface area contributed by atoms with Gasteiger partial charge in [0, 0.05) is 23.0 Å². The number of fused-ring (bicyclic) bond motifs is 1. The molecule has 0 aliphatic rings. The fourth-order valence-corrected chi connectivity index (χ4v) is 2.42. The van der Waals surface area contributed by atoms with Gasteiger partial charge in [-0.05, 0) is 52.0 Å². The molecule has 4 heteroatoms. The van der Waals surface area contributed by atoms with Crippen molar-refractivity contribution in [3.8, 4) is 5.75 Å². The Morgan fingerprint density at radius 3 is 2.55 bits per heavy atom. The highest BCUT2D eigenvalue weighted by Crippen LogP contribution is 2.23. The molecular formula is C16H22N2O2. The molecule has 0 fully saturated rings. The van der Waals surface area contributed by atoms with Gasteiger partial charge >= 0.3 is 0 Å². The standard InChI is InChI=1S/C16H22N2O2/c1-6-18(16(2,3)4)15(19)14-10-11-9-12(20-5)7-8-13(11)17-14/h7-10,17H,6H2,1-5H3. The molecule has 0 unspecified atom stereocenters. The van der Waals surface area contributed by atoms with Crippen LogP contribution in [0.15, 0.2) is 24.3 Å². The van der Waals surface area contributed by atoms with Crippen LogP contribution in [0, 0.1) is 0 Å². The Labute approximate surface area is 119 Å². The van der Waals surface area contributed by atoms with Crippen molar-refractivity contribution < 1.29 is 9.53 Å². The molecule has 0 bridgehead atoms. The van der Waals surface area contributed by atoms with Gasteiger partial charge < -0.3 is 14.6 Å². The van der Waals surface area contributed by atoms with E-state index in [9.17, 15) is 4.79 Å². The van der Waals surface area contributed by atoms with Crippen molar-refractivity contribution in [3.05, 3.63) is 30.0 Å². The summed E-state index contributed by atoms with van der Waals surface area (Å²) in [4.78, 5) is 17.7. The fourth-order valence-electron chi connectivity index (χ4n) is 2.42. The van der Waals surface area contributed by atoms with Gasteiger partial charge in [-0.2, -0.15) is 0 Å². The van der Waals surface area contributed by atoms with Crippen LogP contribution in [-0.4, -0.2) is 35.0 Å². The second-order valence-electron chi connectivity index (χ2n) is 5.86. The Kier molecular flexibility index (Phi) is 3.75. The van der Waals surface area contributed by atoms with E-state index < -0.39 is 0 Å². The van der Waals surface area contributed by atoms with E-state index in [4.69, 9.17) is 4.74 Å². The lowest BCUT2D eigenvalue weighted by atomic mass is 10.1. The van der Waals surface area contributed by atoms with E-state index in [1.54, 1.807) is 7.11 Å². The Morgan fingerprint density at radius 2 is 2.00 bits per heavy atom. The number of carbonyl (C=O) groups excluding carboxylic acids is 1. The van der Waals surface area contributed by atoms with Crippen LogP contribution in [0.25, 0.3) is 10.9 Å². The summed E-state index contributed by atoms with van der Waals surface area (Å²) in [5.74, 6) is 0.814. The third kappa shape index (κ3) is 2.64. The molecule has 2 aromatic rings. The number of nitrogens with one attached hydrogen (secondary N) is 1. The van der Waals surface area contributed by atoms with E-state index in [1.165, 1.54) is 0 Å². The van der Waals surface area contributed by atoms with Gasteiger partial charge in [0.2, 0.25) is 0 Å². The Balaban J connectivity index is 2.40. The molecule has 0 aliphatic heterocycles. The first-order valence-electron chi connectivity index (χ1n) is 6.85. The molecule has 1 heterocycles. The van der Waals surface area contributed by atoms with Crippen LogP contribution in [0.5, 0.6) is 5.75 Å². The van der Waals surface area contributed by atoms with Crippen molar-refractivity contribution in [2.24, 2.45) is 0 Å². The number of carbonyl (C=O) groups is 1. The van der Waals surface area contributed by atoms with Crippen LogP contribution in [0.4, 0.5) is 0 Å². The Morgan fingerprint density at radius 1 is 1.30 bits per heavy atom. The first kappa shape index (κ1) is 14.4. The van der Waals surface area contributed by atoms with Crippen molar-refractivity contribution in [1.82, 2.24) is 9.88 Å². The molecule has 2 rings (SSSR count). The monoisotopic (exact) mass is 274 g/mol. The maximum Gasteiger partial charge on any atom is 0.270 e. The lowest BCUT2D eigenvalue weighted by molar-refractivity contribution is 0.0594. The number of hydrogen-bond acceptors (Lipinski definition) is 2. The summed E-state index contributed by atoms with van der Waals surface area (Å²) in [6.45, 7) is 8.80. The number of rotatable bonds is 3. The van der Waals surface area contributed by atoms with E-state index >= 15 is 0 Å². The average molecular weight is 274 g/mol. The van der Waals surface area contributed by atoms with Gasteiger partial charge in [0.25, 0.3) is 5.91 Å². The molecule has 0 saturated heterocycles. The van der Waals surface area contributed by atoms with E-state index in [1.807, 2.05) is 56.9 Å². The minimum absolute atomic E-state index is 0.0233. The van der Waals surface area contributed by atoms with Crippen LogP contribution < -0.4 is 4.74 Å². The second-order valence-corrected chi connectivity index (χ2v) is 5.86. The number of amides is 1. The first-order chi connectivity index (χ1) is 9.36. The number of aromatic nitrogens is 1. The summed E-state index contributed by atoms with van der Waals surface area (Å²) in [5, 5.41) is 0.984. The minimum atomic E-state index is -0.194. The third-order valence-corrected chi connectivity index (χ3v) is 3.43. The number of aromatic amines is 1. The molecule has 20 heavy (non-hydrogen) atoms. The zero-order valence-electron chi connectivity index (χ0n) is 12.8. The summed E-state index contributed by atoms with van der Waals surface area (Å²) in [5.41, 5.74) is 1.37. The minimum Gasteiger partial charge on any atom is -0.497 e. The molecule has 1 aromatic heterocycles. The molecule has 0 atom stereocenters. The number of hydrogen-bond donors (Lipinski definition) is 1. The van der Waals surface area contributed by atoms with Crippen molar-refractivity contribution in [1.29, 1.82) is 0 Å². The van der Waals surface area contributed by atoms with Crippen LogP contribution in [0.3, 0.4) is 0 Å². The van der Waals surface area contributed by atoms with Gasteiger partial charge in [0.05, 0.1) is 7.11 Å². The van der Waals surface area contributed by atoms with E-state index in [2.05, 4.69) is 4.98 Å². The number of ether oxygens (including phenoxy) is 1. The molecule has 1 aromatic carbocycles. The number of nitrogens with zero attached hydrogens (tertiary/aromatic N) is 1. The lowest BCUT2D eigenvalue weighted by Crippen LogP contribution is -2.45. The van der Waals surface area contributed by atoms with Gasteiger partial charge in [-0.15, -0.1) is 0 Å². The van der Waals surface area contributed by atoms with Crippen molar-refractivity contribution >= 4 is 16.8 Å². The normalized spacial score (nSPS) is 11.7. The van der Waals surface area contributed by atoms with Crippen LogP contribution >= 0.6 is 0 Å². The molecule has 4 nitrogen and oxygen atoms in total. The predicted octanol–water partition coefficient (Wildman–Crippen LogP) is 3.44. The van der Waals surface area contributed by atoms with E-state index in [0.29, 0.717) is 12.2 Å². The molecule has 108 valence electrons. The lowest BCUT2D eigenvalue weighted by Gasteiger charge is -2.34. The summed E-state index contributed by atoms with van der Waals surface area (Å²) in [6, 6.07) is 7.62. The molecule has 1 amide bonds. The number of methoxy groups -OCH3 is 1. The highest BCUT2D eigenvalue weighted by Gasteiger charge is 2.26. The van der Waals surface area contributed by atoms with E-state index in [-0.39, 0.29) is 11.4 Å². The molecule has 0 radical (unpaired) electrons. The van der Waals surface area contributed by atoms with Crippen molar-refractivity contribution in [2.75, 3.05) is 13.7 Å². The quantitative estimate of drug-likeness (QED) is 0.932. The zero-order chi connectivity index (χ0) is 14.9. The smallest absolute Gasteiger partial charge is 0.270 e. The number of H-pyrrole nitrogens is 1. The summed E-state index contributed by atoms with van der Waals surface area (Å²) >= 11 is 0. The average Bonchev–Trinajstić information content (AvgIpc) is 2.80. The predicted molar refractivity (Wildman–Crippen MR) is 81.3 cm³/mol. The van der Waals surface area contributed by atoms with Crippen LogP contribution in [0.1, 0.15) is 38.2 Å². The molecular weight excluding hydrogens is 252 g/mol. The van der Waals surface area contributed by atoms with E-state index in [0.717, 1.165) is 16.7 Å². The zero-order valence-corrected chi connectivity index (χ0v) is 12.8. The Hall–Kier alpha value is -1.97. The van der Waals surface area contributed by atoms with Crippen molar-refractivity contribution in [2.45, 2.75) is 33.2 Å². The first-order valence-corrected chi connectivity index (χ1v) is 6.85. The number of benzene rings is 1. The summed E-state index contributed by atoms with van der Waals surface area (Å²) in [7, 11) is 1.64. The largest absolute Gasteiger partial charge is 0.497 e. The highest BCUT2D eigenvalue weighted by atomic mass is 16.5. The molecule has 0 saturated carbocycles. The molecule has 0 spiro atoms. The topological polar surface area (TPSA) is 45.3 Å². The Bertz CT molecular complexity index is 623. The van der Waals surface area contributed by atoms with Gasteiger partial charge in [0.15, 0.2) is 0 Å². The third-order valence-electron chi connectivity index (χ3n) is 3.43. The maximum absolute atomic E-state index is 12.6. The molecule has 1 N–H and O–H groups in total. The van der Waals surface area contributed by atoms with Gasteiger partial charge in [-0.1, -0.05) is 0 Å². The SMILES string of the molecule is CCN(C(=O)c1cc2cc(OC)ccc2[nH]1)C(C)(C)C. The van der Waals surface area contributed by atoms with Gasteiger partial charge in [-0.3, -0.25) is 4.79 Å². The van der Waals surface area contributed by atoms with Gasteiger partial charge in [0.1, 0.15) is 11.4 Å². The highest BCUT2D eigenvalue weighted by molar-refractivity contribution is 5.98. The van der Waals surface area contributed by atoms with Gasteiger partial charge in [-0.25, -0.2) is 0 Å². The summed E-state index contributed by atoms with van der Waals surface area (Å²) < 4.78 is 5.21. The summed E-state index contributed by atoms with van der Waals surface area (Å²) in [6.07, 6.45) is 0.